The predicted molar refractivity (Wildman–Crippen MR) is 74.6 cm³/mol. The first-order chi connectivity index (χ1) is 8.63. The Kier molecular flexibility index (Phi) is 5.35. The van der Waals surface area contributed by atoms with Gasteiger partial charge in [0.1, 0.15) is 5.15 Å². The van der Waals surface area contributed by atoms with Gasteiger partial charge in [-0.15, -0.1) is 0 Å². The van der Waals surface area contributed by atoms with Gasteiger partial charge in [-0.2, -0.15) is 0 Å². The zero-order valence-corrected chi connectivity index (χ0v) is 11.9. The Morgan fingerprint density at radius 1 is 1.56 bits per heavy atom. The second-order valence-electron chi connectivity index (χ2n) is 3.83. The first-order valence-electron chi connectivity index (χ1n) is 6.22. The molecule has 1 aliphatic heterocycles. The Labute approximate surface area is 113 Å². The quantitative estimate of drug-likeness (QED) is 0.577. The molecule has 1 amide bonds. The van der Waals surface area contributed by atoms with Gasteiger partial charge in [-0.1, -0.05) is 38.1 Å². The summed E-state index contributed by atoms with van der Waals surface area (Å²) in [7, 11) is 0. The molecule has 0 saturated carbocycles. The van der Waals surface area contributed by atoms with Gasteiger partial charge in [-0.3, -0.25) is 4.79 Å². The highest BCUT2D eigenvalue weighted by Gasteiger charge is 2.26. The molecule has 0 spiro atoms. The minimum Gasteiger partial charge on any atom is -0.332 e. The molecule has 2 heterocycles. The summed E-state index contributed by atoms with van der Waals surface area (Å²) in [5.41, 5.74) is 2.07. The van der Waals surface area contributed by atoms with E-state index in [1.54, 1.807) is 11.0 Å². The summed E-state index contributed by atoms with van der Waals surface area (Å²) in [6.07, 6.45) is 2.10. The number of aromatic nitrogens is 1. The summed E-state index contributed by atoms with van der Waals surface area (Å²) in [6, 6.07) is 3.75. The van der Waals surface area contributed by atoms with Crippen LogP contribution in [0.2, 0.25) is 5.15 Å². The molecule has 0 radical (unpaired) electrons. The molecular formula is C14H19ClN2O. The van der Waals surface area contributed by atoms with Gasteiger partial charge in [0, 0.05) is 18.7 Å². The lowest BCUT2D eigenvalue weighted by Gasteiger charge is -2.33. The van der Waals surface area contributed by atoms with Crippen LogP contribution in [0.4, 0.5) is 0 Å². The number of fused-ring (bicyclic) bond motifs is 1. The summed E-state index contributed by atoms with van der Waals surface area (Å²) in [6.45, 7) is 10.2. The van der Waals surface area contributed by atoms with E-state index in [0.29, 0.717) is 11.7 Å². The normalized spacial score (nSPS) is 17.3. The Morgan fingerprint density at radius 3 is 2.83 bits per heavy atom. The van der Waals surface area contributed by atoms with Crippen LogP contribution in [-0.2, 0) is 11.2 Å². The van der Waals surface area contributed by atoms with Crippen LogP contribution < -0.4 is 0 Å². The summed E-state index contributed by atoms with van der Waals surface area (Å²) in [5, 5.41) is 0.509. The highest BCUT2D eigenvalue weighted by molar-refractivity contribution is 6.29. The molecule has 1 aromatic rings. The van der Waals surface area contributed by atoms with Crippen LogP contribution in [0.3, 0.4) is 0 Å². The van der Waals surface area contributed by atoms with Crippen LogP contribution in [0, 0.1) is 0 Å². The van der Waals surface area contributed by atoms with E-state index in [-0.39, 0.29) is 11.9 Å². The number of nitrogens with zero attached hydrogens (tertiary/aromatic N) is 2. The van der Waals surface area contributed by atoms with Gasteiger partial charge in [0.2, 0.25) is 5.91 Å². The van der Waals surface area contributed by atoms with Crippen molar-refractivity contribution in [3.63, 3.8) is 0 Å². The van der Waals surface area contributed by atoms with Gasteiger partial charge in [0.25, 0.3) is 0 Å². The van der Waals surface area contributed by atoms with Gasteiger partial charge in [0.05, 0.1) is 6.04 Å². The number of amides is 1. The van der Waals surface area contributed by atoms with Crippen LogP contribution in [0.25, 0.3) is 0 Å². The molecule has 0 fully saturated rings. The van der Waals surface area contributed by atoms with Crippen molar-refractivity contribution in [2.45, 2.75) is 33.2 Å². The molecule has 1 aromatic heterocycles. The minimum absolute atomic E-state index is 0.0342. The average molecular weight is 267 g/mol. The maximum Gasteiger partial charge on any atom is 0.246 e. The van der Waals surface area contributed by atoms with Crippen molar-refractivity contribution in [3.8, 4) is 0 Å². The van der Waals surface area contributed by atoms with Crippen LogP contribution in [0.5, 0.6) is 0 Å². The lowest BCUT2D eigenvalue weighted by molar-refractivity contribution is -0.128. The summed E-state index contributed by atoms with van der Waals surface area (Å²) < 4.78 is 0. The molecule has 0 saturated heterocycles. The smallest absolute Gasteiger partial charge is 0.246 e. The van der Waals surface area contributed by atoms with E-state index in [0.717, 1.165) is 17.7 Å². The lowest BCUT2D eigenvalue weighted by Crippen LogP contribution is -2.38. The number of pyridine rings is 1. The van der Waals surface area contributed by atoms with Crippen LogP contribution >= 0.6 is 11.6 Å². The first kappa shape index (κ1) is 14.7. The van der Waals surface area contributed by atoms with E-state index in [1.165, 1.54) is 6.08 Å². The van der Waals surface area contributed by atoms with E-state index < -0.39 is 0 Å². The van der Waals surface area contributed by atoms with E-state index >= 15 is 0 Å². The predicted octanol–water partition coefficient (Wildman–Crippen LogP) is 3.39. The van der Waals surface area contributed by atoms with Crippen molar-refractivity contribution < 1.29 is 4.79 Å². The number of hydrogen-bond acceptors (Lipinski definition) is 2. The van der Waals surface area contributed by atoms with Gasteiger partial charge in [-0.25, -0.2) is 4.98 Å². The molecule has 1 atom stereocenters. The summed E-state index contributed by atoms with van der Waals surface area (Å²) >= 11 is 5.84. The van der Waals surface area contributed by atoms with Crippen LogP contribution in [0.15, 0.2) is 24.8 Å². The second kappa shape index (κ2) is 6.55. The van der Waals surface area contributed by atoms with Crippen molar-refractivity contribution in [1.29, 1.82) is 0 Å². The third kappa shape index (κ3) is 2.91. The van der Waals surface area contributed by atoms with Crippen molar-refractivity contribution >= 4 is 17.5 Å². The fourth-order valence-corrected chi connectivity index (χ4v) is 2.24. The molecule has 0 N–H and O–H groups in total. The van der Waals surface area contributed by atoms with E-state index in [4.69, 9.17) is 11.6 Å². The molecule has 1 unspecified atom stereocenters. The Hall–Kier alpha value is -1.35. The molecule has 4 heteroatoms. The fraction of sp³-hybridized carbons (Fsp3) is 0.429. The third-order valence-corrected chi connectivity index (χ3v) is 3.15. The second-order valence-corrected chi connectivity index (χ2v) is 4.22. The summed E-state index contributed by atoms with van der Waals surface area (Å²) in [4.78, 5) is 17.7. The molecule has 0 bridgehead atoms. The van der Waals surface area contributed by atoms with Crippen LogP contribution in [0.1, 0.15) is 38.1 Å². The van der Waals surface area contributed by atoms with Gasteiger partial charge < -0.3 is 4.90 Å². The SMILES string of the molecule is C=CC(=O)N1CCc2nc(Cl)ccc2C1C.CC. The Balaban J connectivity index is 0.000000771. The standard InChI is InChI=1S/C12H13ClN2O.C2H6/c1-3-12(16)15-7-6-10-9(8(15)2)4-5-11(13)14-10;1-2/h3-5,8H,1,6-7H2,2H3;1-2H3. The van der Waals surface area contributed by atoms with Gasteiger partial charge in [0.15, 0.2) is 0 Å². The van der Waals surface area contributed by atoms with Crippen molar-refractivity contribution in [1.82, 2.24) is 9.88 Å². The monoisotopic (exact) mass is 266 g/mol. The topological polar surface area (TPSA) is 33.2 Å². The number of carbonyl (C=O) groups is 1. The molecule has 3 nitrogen and oxygen atoms in total. The summed E-state index contributed by atoms with van der Waals surface area (Å²) in [5.74, 6) is -0.0342. The molecule has 18 heavy (non-hydrogen) atoms. The van der Waals surface area contributed by atoms with Crippen molar-refractivity contribution in [2.75, 3.05) is 6.54 Å². The lowest BCUT2D eigenvalue weighted by atomic mass is 9.98. The largest absolute Gasteiger partial charge is 0.332 e. The molecule has 0 aromatic carbocycles. The van der Waals surface area contributed by atoms with Gasteiger partial charge in [-0.05, 0) is 24.6 Å². The number of halogens is 1. The maximum atomic E-state index is 11.6. The van der Waals surface area contributed by atoms with E-state index in [9.17, 15) is 4.79 Å². The maximum absolute atomic E-state index is 11.6. The highest BCUT2D eigenvalue weighted by atomic mass is 35.5. The highest BCUT2D eigenvalue weighted by Crippen LogP contribution is 2.29. The van der Waals surface area contributed by atoms with Gasteiger partial charge >= 0.3 is 0 Å². The van der Waals surface area contributed by atoms with Crippen LogP contribution in [-0.4, -0.2) is 22.3 Å². The fourth-order valence-electron chi connectivity index (χ4n) is 2.07. The van der Waals surface area contributed by atoms with Crippen molar-refractivity contribution in [2.24, 2.45) is 0 Å². The zero-order valence-electron chi connectivity index (χ0n) is 11.1. The van der Waals surface area contributed by atoms with E-state index in [2.05, 4.69) is 11.6 Å². The third-order valence-electron chi connectivity index (χ3n) is 2.94. The minimum atomic E-state index is -0.0342. The Morgan fingerprint density at radius 2 is 2.22 bits per heavy atom. The van der Waals surface area contributed by atoms with E-state index in [1.807, 2.05) is 26.8 Å². The molecule has 1 aliphatic rings. The number of rotatable bonds is 1. The molecule has 0 aliphatic carbocycles. The number of carbonyl (C=O) groups excluding carboxylic acids is 1. The Bertz CT molecular complexity index is 445. The molecular weight excluding hydrogens is 248 g/mol. The van der Waals surface area contributed by atoms with Crippen molar-refractivity contribution in [3.05, 3.63) is 41.2 Å². The molecule has 98 valence electrons. The number of hydrogen-bond donors (Lipinski definition) is 0. The zero-order chi connectivity index (χ0) is 13.7. The first-order valence-corrected chi connectivity index (χ1v) is 6.59. The molecule has 2 rings (SSSR count). The average Bonchev–Trinajstić information content (AvgIpc) is 2.40.